The lowest BCUT2D eigenvalue weighted by Crippen LogP contribution is -2.44. The number of hydrogen-bond donors (Lipinski definition) is 1. The summed E-state index contributed by atoms with van der Waals surface area (Å²) in [4.78, 5) is 39.0. The zero-order chi connectivity index (χ0) is 18.5. The monoisotopic (exact) mass is 358 g/mol. The highest BCUT2D eigenvalue weighted by atomic mass is 16.4. The van der Waals surface area contributed by atoms with Crippen molar-refractivity contribution in [3.8, 4) is 0 Å². The highest BCUT2D eigenvalue weighted by Gasteiger charge is 2.27. The van der Waals surface area contributed by atoms with E-state index in [1.165, 1.54) is 0 Å². The van der Waals surface area contributed by atoms with E-state index >= 15 is 0 Å². The summed E-state index contributed by atoms with van der Waals surface area (Å²) in [6.07, 6.45) is 5.35. The molecule has 2 amide bonds. The SMILES string of the molecule is O=C(O)CC[C@@H]1CCCCN1C(=O)Cc1ccc(N2CCCC2=O)cc1. The van der Waals surface area contributed by atoms with Gasteiger partial charge in [0.15, 0.2) is 0 Å². The Hall–Kier alpha value is -2.37. The molecule has 0 radical (unpaired) electrons. The number of carboxylic acids is 1. The number of rotatable bonds is 6. The third-order valence-corrected chi connectivity index (χ3v) is 5.32. The molecule has 2 aliphatic heterocycles. The van der Waals surface area contributed by atoms with Crippen LogP contribution >= 0.6 is 0 Å². The Morgan fingerprint density at radius 2 is 1.85 bits per heavy atom. The van der Waals surface area contributed by atoms with E-state index in [4.69, 9.17) is 5.11 Å². The van der Waals surface area contributed by atoms with Crippen LogP contribution in [0.2, 0.25) is 0 Å². The van der Waals surface area contributed by atoms with Crippen molar-refractivity contribution in [2.75, 3.05) is 18.0 Å². The van der Waals surface area contributed by atoms with Crippen molar-refractivity contribution in [3.05, 3.63) is 29.8 Å². The molecule has 2 aliphatic rings. The molecule has 0 spiro atoms. The molecule has 2 fully saturated rings. The molecule has 26 heavy (non-hydrogen) atoms. The van der Waals surface area contributed by atoms with E-state index < -0.39 is 5.97 Å². The minimum absolute atomic E-state index is 0.0360. The third kappa shape index (κ3) is 4.42. The fourth-order valence-electron chi connectivity index (χ4n) is 3.91. The molecule has 2 saturated heterocycles. The normalized spacial score (nSPS) is 20.5. The van der Waals surface area contributed by atoms with E-state index in [0.717, 1.165) is 43.5 Å². The van der Waals surface area contributed by atoms with Crippen LogP contribution in [0.5, 0.6) is 0 Å². The van der Waals surface area contributed by atoms with Gasteiger partial charge in [0.1, 0.15) is 0 Å². The summed E-state index contributed by atoms with van der Waals surface area (Å²) < 4.78 is 0. The number of anilines is 1. The Morgan fingerprint density at radius 1 is 1.08 bits per heavy atom. The Balaban J connectivity index is 1.60. The van der Waals surface area contributed by atoms with E-state index in [2.05, 4.69) is 0 Å². The van der Waals surface area contributed by atoms with Gasteiger partial charge in [-0.1, -0.05) is 12.1 Å². The van der Waals surface area contributed by atoms with E-state index in [-0.39, 0.29) is 24.3 Å². The molecule has 2 heterocycles. The first-order chi connectivity index (χ1) is 12.5. The number of carbonyl (C=O) groups is 3. The Kier molecular flexibility index (Phi) is 5.91. The van der Waals surface area contributed by atoms with Gasteiger partial charge in [0.05, 0.1) is 6.42 Å². The molecule has 1 aromatic carbocycles. The smallest absolute Gasteiger partial charge is 0.303 e. The van der Waals surface area contributed by atoms with Crippen LogP contribution in [-0.2, 0) is 20.8 Å². The fraction of sp³-hybridized carbons (Fsp3) is 0.550. The van der Waals surface area contributed by atoms with Crippen molar-refractivity contribution >= 4 is 23.5 Å². The zero-order valence-electron chi connectivity index (χ0n) is 15.0. The minimum Gasteiger partial charge on any atom is -0.481 e. The van der Waals surface area contributed by atoms with Gasteiger partial charge in [-0.15, -0.1) is 0 Å². The lowest BCUT2D eigenvalue weighted by atomic mass is 9.97. The quantitative estimate of drug-likeness (QED) is 0.848. The summed E-state index contributed by atoms with van der Waals surface area (Å²) in [5.41, 5.74) is 1.81. The molecule has 0 aliphatic carbocycles. The highest BCUT2D eigenvalue weighted by Crippen LogP contribution is 2.24. The van der Waals surface area contributed by atoms with Crippen molar-refractivity contribution in [1.29, 1.82) is 0 Å². The van der Waals surface area contributed by atoms with Gasteiger partial charge in [-0.2, -0.15) is 0 Å². The van der Waals surface area contributed by atoms with Crippen molar-refractivity contribution in [1.82, 2.24) is 4.90 Å². The second-order valence-corrected chi connectivity index (χ2v) is 7.16. The minimum atomic E-state index is -0.810. The number of carbonyl (C=O) groups excluding carboxylic acids is 2. The second kappa shape index (κ2) is 8.34. The van der Waals surface area contributed by atoms with Crippen LogP contribution in [0.3, 0.4) is 0 Å². The molecule has 3 rings (SSSR count). The third-order valence-electron chi connectivity index (χ3n) is 5.32. The van der Waals surface area contributed by atoms with E-state index in [9.17, 15) is 14.4 Å². The number of nitrogens with zero attached hydrogens (tertiary/aromatic N) is 2. The first kappa shape index (κ1) is 18.4. The lowest BCUT2D eigenvalue weighted by molar-refractivity contribution is -0.139. The van der Waals surface area contributed by atoms with Crippen LogP contribution in [0.15, 0.2) is 24.3 Å². The maximum Gasteiger partial charge on any atom is 0.303 e. The van der Waals surface area contributed by atoms with Gasteiger partial charge in [0.25, 0.3) is 0 Å². The number of amides is 2. The average Bonchev–Trinajstić information content (AvgIpc) is 3.07. The maximum atomic E-state index is 12.7. The number of benzene rings is 1. The molecule has 0 bridgehead atoms. The summed E-state index contributed by atoms with van der Waals surface area (Å²) in [5, 5.41) is 8.91. The average molecular weight is 358 g/mol. The predicted octanol–water partition coefficient (Wildman–Crippen LogP) is 2.60. The molecule has 1 atom stereocenters. The summed E-state index contributed by atoms with van der Waals surface area (Å²) >= 11 is 0. The van der Waals surface area contributed by atoms with Crippen LogP contribution in [0.25, 0.3) is 0 Å². The van der Waals surface area contributed by atoms with Gasteiger partial charge in [-0.3, -0.25) is 14.4 Å². The first-order valence-corrected chi connectivity index (χ1v) is 9.45. The molecular weight excluding hydrogens is 332 g/mol. The fourth-order valence-corrected chi connectivity index (χ4v) is 3.91. The van der Waals surface area contributed by atoms with Gasteiger partial charge in [0.2, 0.25) is 11.8 Å². The standard InChI is InChI=1S/C20H26N2O4/c23-18-5-3-13-21(18)17-8-6-15(7-9-17)14-19(24)22-12-2-1-4-16(22)10-11-20(25)26/h6-9,16H,1-5,10-14H2,(H,25,26)/t16-/m0/s1. The summed E-state index contributed by atoms with van der Waals surface area (Å²) in [5.74, 6) is -0.594. The zero-order valence-corrected chi connectivity index (χ0v) is 15.0. The van der Waals surface area contributed by atoms with Crippen molar-refractivity contribution in [2.24, 2.45) is 0 Å². The van der Waals surface area contributed by atoms with Crippen molar-refractivity contribution < 1.29 is 19.5 Å². The molecular formula is C20H26N2O4. The second-order valence-electron chi connectivity index (χ2n) is 7.16. The van der Waals surface area contributed by atoms with Crippen LogP contribution in [0, 0.1) is 0 Å². The molecule has 140 valence electrons. The maximum absolute atomic E-state index is 12.7. The Bertz CT molecular complexity index is 671. The molecule has 0 saturated carbocycles. The number of carboxylic acid groups (broad SMARTS) is 1. The van der Waals surface area contributed by atoms with Crippen LogP contribution < -0.4 is 4.90 Å². The van der Waals surface area contributed by atoms with Crippen LogP contribution in [0.4, 0.5) is 5.69 Å². The molecule has 1 N–H and O–H groups in total. The number of hydrogen-bond acceptors (Lipinski definition) is 3. The number of likely N-dealkylation sites (tertiary alicyclic amines) is 1. The summed E-state index contributed by atoms with van der Waals surface area (Å²) in [7, 11) is 0. The molecule has 0 aromatic heterocycles. The Labute approximate surface area is 153 Å². The lowest BCUT2D eigenvalue weighted by Gasteiger charge is -2.36. The van der Waals surface area contributed by atoms with Gasteiger partial charge < -0.3 is 14.9 Å². The van der Waals surface area contributed by atoms with Gasteiger partial charge >= 0.3 is 5.97 Å². The van der Waals surface area contributed by atoms with E-state index in [1.807, 2.05) is 29.2 Å². The first-order valence-electron chi connectivity index (χ1n) is 9.45. The topological polar surface area (TPSA) is 77.9 Å². The molecule has 6 heteroatoms. The number of aliphatic carboxylic acids is 1. The summed E-state index contributed by atoms with van der Waals surface area (Å²) in [6.45, 7) is 1.47. The summed E-state index contributed by atoms with van der Waals surface area (Å²) in [6, 6.07) is 7.67. The van der Waals surface area contributed by atoms with Gasteiger partial charge in [0, 0.05) is 37.7 Å². The van der Waals surface area contributed by atoms with Crippen molar-refractivity contribution in [2.45, 2.75) is 57.4 Å². The van der Waals surface area contributed by atoms with Gasteiger partial charge in [-0.05, 0) is 49.8 Å². The predicted molar refractivity (Wildman–Crippen MR) is 98.0 cm³/mol. The van der Waals surface area contributed by atoms with Crippen molar-refractivity contribution in [3.63, 3.8) is 0 Å². The highest BCUT2D eigenvalue weighted by molar-refractivity contribution is 5.95. The Morgan fingerprint density at radius 3 is 2.50 bits per heavy atom. The van der Waals surface area contributed by atoms with Crippen LogP contribution in [0.1, 0.15) is 50.5 Å². The van der Waals surface area contributed by atoms with Crippen LogP contribution in [-0.4, -0.2) is 46.9 Å². The molecule has 6 nitrogen and oxygen atoms in total. The van der Waals surface area contributed by atoms with E-state index in [1.54, 1.807) is 4.90 Å². The van der Waals surface area contributed by atoms with Gasteiger partial charge in [-0.25, -0.2) is 0 Å². The van der Waals surface area contributed by atoms with E-state index in [0.29, 0.717) is 25.8 Å². The molecule has 0 unspecified atom stereocenters. The largest absolute Gasteiger partial charge is 0.481 e. The molecule has 1 aromatic rings. The number of piperidine rings is 1.